The molecule has 24 heavy (non-hydrogen) atoms. The molecule has 0 unspecified atom stereocenters. The molecule has 0 amide bonds. The minimum absolute atomic E-state index is 0.0152. The Kier molecular flexibility index (Phi) is 4.49. The summed E-state index contributed by atoms with van der Waals surface area (Å²) in [6.45, 7) is 3.66. The van der Waals surface area contributed by atoms with Crippen LogP contribution >= 0.6 is 22.7 Å². The smallest absolute Gasteiger partial charge is 0.260 e. The van der Waals surface area contributed by atoms with Crippen molar-refractivity contribution in [3.05, 3.63) is 39.1 Å². The minimum Gasteiger partial charge on any atom is -0.377 e. The Labute approximate surface area is 147 Å². The number of ether oxygens (including phenoxy) is 1. The van der Waals surface area contributed by atoms with Gasteiger partial charge in [0.25, 0.3) is 5.56 Å². The molecule has 1 fully saturated rings. The third kappa shape index (κ3) is 3.04. The van der Waals surface area contributed by atoms with Crippen molar-refractivity contribution in [2.75, 3.05) is 13.2 Å². The van der Waals surface area contributed by atoms with Gasteiger partial charge >= 0.3 is 0 Å². The fourth-order valence-corrected chi connectivity index (χ4v) is 4.76. The number of thiophene rings is 2. The van der Waals surface area contributed by atoms with Crippen molar-refractivity contribution in [2.45, 2.75) is 31.9 Å². The summed E-state index contributed by atoms with van der Waals surface area (Å²) in [6.07, 6.45) is 2.50. The highest BCUT2D eigenvalue weighted by Crippen LogP contribution is 2.33. The van der Waals surface area contributed by atoms with E-state index in [1.807, 2.05) is 29.8 Å². The number of aromatic amines is 1. The van der Waals surface area contributed by atoms with Crippen LogP contribution in [0.1, 0.15) is 31.6 Å². The maximum Gasteiger partial charge on any atom is 0.260 e. The van der Waals surface area contributed by atoms with E-state index in [2.05, 4.69) is 15.3 Å². The Morgan fingerprint density at radius 3 is 3.17 bits per heavy atom. The van der Waals surface area contributed by atoms with Crippen molar-refractivity contribution in [3.8, 4) is 10.4 Å². The number of fused-ring (bicyclic) bond motifs is 1. The van der Waals surface area contributed by atoms with Crippen molar-refractivity contribution in [3.63, 3.8) is 0 Å². The Hall–Kier alpha value is -1.54. The highest BCUT2D eigenvalue weighted by Gasteiger charge is 2.19. The quantitative estimate of drug-likeness (QED) is 0.729. The maximum atomic E-state index is 12.6. The summed E-state index contributed by atoms with van der Waals surface area (Å²) in [5.41, 5.74) is 0.913. The third-order valence-corrected chi connectivity index (χ3v) is 6.11. The van der Waals surface area contributed by atoms with Gasteiger partial charge in [-0.15, -0.1) is 22.7 Å². The zero-order valence-corrected chi connectivity index (χ0v) is 15.0. The molecule has 0 saturated carbocycles. The molecule has 4 rings (SSSR count). The lowest BCUT2D eigenvalue weighted by Gasteiger charge is -2.16. The molecule has 5 nitrogen and oxygen atoms in total. The van der Waals surface area contributed by atoms with Gasteiger partial charge in [-0.25, -0.2) is 4.98 Å². The summed E-state index contributed by atoms with van der Waals surface area (Å²) in [5.74, 6) is 0.685. The molecule has 126 valence electrons. The van der Waals surface area contributed by atoms with Crippen molar-refractivity contribution in [2.24, 2.45) is 0 Å². The van der Waals surface area contributed by atoms with E-state index < -0.39 is 0 Å². The molecule has 2 N–H and O–H groups in total. The standard InChI is InChI=1S/C17H19N3O2S2/c1-10(18-8-11-4-2-6-22-11)15-19-16(21)14-12(9-24-17(14)20-15)13-5-3-7-23-13/h3,5,7,9-11,18H,2,4,6,8H2,1H3,(H,19,20,21)/t10-,11+/m0/s1. The van der Waals surface area contributed by atoms with Gasteiger partial charge in [0.2, 0.25) is 0 Å². The first-order valence-electron chi connectivity index (χ1n) is 8.12. The van der Waals surface area contributed by atoms with Crippen LogP contribution in [0.25, 0.3) is 20.7 Å². The number of H-pyrrole nitrogens is 1. The SMILES string of the molecule is C[C@H](NC[C@H]1CCCO1)c1nc2scc(-c3cccs3)c2c(=O)[nH]1. The Bertz CT molecular complexity index is 879. The molecule has 2 atom stereocenters. The predicted molar refractivity (Wildman–Crippen MR) is 98.9 cm³/mol. The summed E-state index contributed by atoms with van der Waals surface area (Å²) in [4.78, 5) is 22.1. The highest BCUT2D eigenvalue weighted by molar-refractivity contribution is 7.18. The second-order valence-electron chi connectivity index (χ2n) is 6.02. The zero-order valence-electron chi connectivity index (χ0n) is 13.4. The van der Waals surface area contributed by atoms with Crippen LogP contribution in [-0.4, -0.2) is 29.2 Å². The second-order valence-corrected chi connectivity index (χ2v) is 7.83. The van der Waals surface area contributed by atoms with Gasteiger partial charge in [0, 0.05) is 29.0 Å². The molecule has 0 radical (unpaired) electrons. The molecule has 1 saturated heterocycles. The number of nitrogens with one attached hydrogen (secondary N) is 2. The molecule has 3 aromatic heterocycles. The minimum atomic E-state index is -0.0644. The van der Waals surface area contributed by atoms with Crippen LogP contribution in [0.4, 0.5) is 0 Å². The summed E-state index contributed by atoms with van der Waals surface area (Å²) in [7, 11) is 0. The number of hydrogen-bond acceptors (Lipinski definition) is 6. The Morgan fingerprint density at radius 2 is 2.42 bits per heavy atom. The van der Waals surface area contributed by atoms with Gasteiger partial charge < -0.3 is 15.0 Å². The summed E-state index contributed by atoms with van der Waals surface area (Å²) in [6, 6.07) is 4.01. The average Bonchev–Trinajstić information content (AvgIpc) is 3.31. The van der Waals surface area contributed by atoms with E-state index in [1.54, 1.807) is 11.3 Å². The first kappa shape index (κ1) is 16.0. The largest absolute Gasteiger partial charge is 0.377 e. The third-order valence-electron chi connectivity index (χ3n) is 4.33. The van der Waals surface area contributed by atoms with Gasteiger partial charge in [0.05, 0.1) is 17.5 Å². The van der Waals surface area contributed by atoms with Crippen LogP contribution in [0.2, 0.25) is 0 Å². The van der Waals surface area contributed by atoms with E-state index in [9.17, 15) is 4.79 Å². The van der Waals surface area contributed by atoms with Crippen LogP contribution < -0.4 is 10.9 Å². The van der Waals surface area contributed by atoms with Crippen LogP contribution in [0.3, 0.4) is 0 Å². The first-order chi connectivity index (χ1) is 11.7. The van der Waals surface area contributed by atoms with Crippen molar-refractivity contribution < 1.29 is 4.74 Å². The molecule has 0 spiro atoms. The van der Waals surface area contributed by atoms with Gasteiger partial charge in [-0.1, -0.05) is 6.07 Å². The van der Waals surface area contributed by atoms with Gasteiger partial charge in [-0.3, -0.25) is 4.79 Å². The summed E-state index contributed by atoms with van der Waals surface area (Å²) < 4.78 is 5.63. The Morgan fingerprint density at radius 1 is 1.50 bits per heavy atom. The lowest BCUT2D eigenvalue weighted by molar-refractivity contribution is 0.107. The molecular formula is C17H19N3O2S2. The monoisotopic (exact) mass is 361 g/mol. The van der Waals surface area contributed by atoms with E-state index in [-0.39, 0.29) is 17.7 Å². The van der Waals surface area contributed by atoms with Crippen LogP contribution in [0, 0.1) is 0 Å². The molecule has 3 aromatic rings. The van der Waals surface area contributed by atoms with Crippen LogP contribution in [-0.2, 0) is 4.74 Å². The topological polar surface area (TPSA) is 67.0 Å². The second kappa shape index (κ2) is 6.76. The number of aromatic nitrogens is 2. The first-order valence-corrected chi connectivity index (χ1v) is 9.88. The van der Waals surface area contributed by atoms with Gasteiger partial charge in [0.15, 0.2) is 0 Å². The average molecular weight is 361 g/mol. The van der Waals surface area contributed by atoms with E-state index in [4.69, 9.17) is 4.74 Å². The molecule has 7 heteroatoms. The van der Waals surface area contributed by atoms with Crippen molar-refractivity contribution in [1.29, 1.82) is 0 Å². The van der Waals surface area contributed by atoms with Gasteiger partial charge in [0.1, 0.15) is 10.7 Å². The lowest BCUT2D eigenvalue weighted by atomic mass is 10.2. The molecule has 0 aromatic carbocycles. The molecular weight excluding hydrogens is 342 g/mol. The number of rotatable bonds is 5. The van der Waals surface area contributed by atoms with Crippen molar-refractivity contribution in [1.82, 2.24) is 15.3 Å². The van der Waals surface area contributed by atoms with Crippen LogP contribution in [0.5, 0.6) is 0 Å². The number of hydrogen-bond donors (Lipinski definition) is 2. The molecule has 0 aliphatic carbocycles. The highest BCUT2D eigenvalue weighted by atomic mass is 32.1. The fraction of sp³-hybridized carbons (Fsp3) is 0.412. The van der Waals surface area contributed by atoms with Gasteiger partial charge in [-0.05, 0) is 31.2 Å². The lowest BCUT2D eigenvalue weighted by Crippen LogP contribution is -2.30. The van der Waals surface area contributed by atoms with E-state index >= 15 is 0 Å². The van der Waals surface area contributed by atoms with E-state index in [1.165, 1.54) is 11.3 Å². The van der Waals surface area contributed by atoms with E-state index in [0.29, 0.717) is 11.2 Å². The molecule has 4 heterocycles. The summed E-state index contributed by atoms with van der Waals surface area (Å²) >= 11 is 3.16. The number of nitrogens with zero attached hydrogens (tertiary/aromatic N) is 1. The van der Waals surface area contributed by atoms with Crippen molar-refractivity contribution >= 4 is 32.9 Å². The molecule has 1 aliphatic rings. The van der Waals surface area contributed by atoms with E-state index in [0.717, 1.165) is 41.3 Å². The normalized spacial score (nSPS) is 19.1. The zero-order chi connectivity index (χ0) is 16.5. The van der Waals surface area contributed by atoms with Crippen LogP contribution in [0.15, 0.2) is 27.7 Å². The maximum absolute atomic E-state index is 12.6. The predicted octanol–water partition coefficient (Wildman–Crippen LogP) is 3.54. The molecule has 1 aliphatic heterocycles. The molecule has 0 bridgehead atoms. The fourth-order valence-electron chi connectivity index (χ4n) is 2.99. The Balaban J connectivity index is 1.60. The van der Waals surface area contributed by atoms with Gasteiger partial charge in [-0.2, -0.15) is 0 Å². The summed E-state index contributed by atoms with van der Waals surface area (Å²) in [5, 5.41) is 8.15.